The molecule has 120 valence electrons. The molecule has 0 aliphatic heterocycles. The van der Waals surface area contributed by atoms with Crippen LogP contribution in [0.1, 0.15) is 5.56 Å². The first-order chi connectivity index (χ1) is 11.8. The molecule has 0 aliphatic rings. The van der Waals surface area contributed by atoms with Gasteiger partial charge >= 0.3 is 0 Å². The first-order valence-corrected chi connectivity index (χ1v) is 7.52. The highest BCUT2D eigenvalue weighted by molar-refractivity contribution is 6.28. The van der Waals surface area contributed by atoms with Crippen molar-refractivity contribution in [1.29, 1.82) is 0 Å². The largest absolute Gasteiger partial charge is 0.371 e. The third-order valence-corrected chi connectivity index (χ3v) is 3.80. The van der Waals surface area contributed by atoms with Gasteiger partial charge in [-0.05, 0) is 27.6 Å². The van der Waals surface area contributed by atoms with Crippen LogP contribution in [0.3, 0.4) is 0 Å². The maximum Gasteiger partial charge on any atom is 0.226 e. The molecule has 0 amide bonds. The van der Waals surface area contributed by atoms with Crippen molar-refractivity contribution >= 4 is 28.6 Å². The van der Waals surface area contributed by atoms with E-state index in [0.29, 0.717) is 29.4 Å². The number of H-pyrrole nitrogens is 1. The molecule has 0 fully saturated rings. The van der Waals surface area contributed by atoms with E-state index in [1.807, 2.05) is 28.8 Å². The summed E-state index contributed by atoms with van der Waals surface area (Å²) in [5.41, 5.74) is 3.26. The molecule has 9 nitrogen and oxygen atoms in total. The zero-order chi connectivity index (χ0) is 16.5. The third kappa shape index (κ3) is 2.44. The Labute approximate surface area is 141 Å². The van der Waals surface area contributed by atoms with Gasteiger partial charge in [0.25, 0.3) is 0 Å². The van der Waals surface area contributed by atoms with Crippen LogP contribution in [0.4, 0.5) is 5.82 Å². The zero-order valence-corrected chi connectivity index (χ0v) is 13.4. The lowest BCUT2D eigenvalue weighted by Crippen LogP contribution is -2.03. The summed E-state index contributed by atoms with van der Waals surface area (Å²) in [5, 5.41) is 17.2. The number of hydrogen-bond acceptors (Lipinski definition) is 7. The van der Waals surface area contributed by atoms with Gasteiger partial charge in [-0.2, -0.15) is 9.97 Å². The molecule has 0 unspecified atom stereocenters. The molecule has 0 atom stereocenters. The molecule has 0 bridgehead atoms. The molecule has 24 heavy (non-hydrogen) atoms. The fraction of sp³-hybridized carbons (Fsp3) is 0.143. The number of anilines is 1. The summed E-state index contributed by atoms with van der Waals surface area (Å²) in [7, 11) is 1.77. The molecule has 0 spiro atoms. The van der Waals surface area contributed by atoms with Gasteiger partial charge in [-0.1, -0.05) is 24.3 Å². The summed E-state index contributed by atoms with van der Waals surface area (Å²) in [6.45, 7) is 0.546. The quantitative estimate of drug-likeness (QED) is 0.544. The molecule has 2 N–H and O–H groups in total. The molecule has 4 aromatic rings. The number of rotatable bonds is 4. The maximum atomic E-state index is 6.01. The molecule has 4 rings (SSSR count). The van der Waals surface area contributed by atoms with E-state index >= 15 is 0 Å². The van der Waals surface area contributed by atoms with Crippen molar-refractivity contribution in [3.8, 4) is 11.4 Å². The van der Waals surface area contributed by atoms with Gasteiger partial charge in [-0.15, -0.1) is 5.10 Å². The summed E-state index contributed by atoms with van der Waals surface area (Å²) in [6.07, 6.45) is 1.71. The topological polar surface area (TPSA) is 110 Å². The fourth-order valence-corrected chi connectivity index (χ4v) is 2.72. The normalized spacial score (nSPS) is 11.1. The lowest BCUT2D eigenvalue weighted by atomic mass is 10.1. The molecule has 0 saturated carbocycles. The molecule has 3 heterocycles. The van der Waals surface area contributed by atoms with Crippen LogP contribution in [0.15, 0.2) is 30.6 Å². The number of tetrazole rings is 1. The monoisotopic (exact) mass is 341 g/mol. The number of fused-ring (bicyclic) bond motifs is 1. The second-order valence-electron chi connectivity index (χ2n) is 5.04. The van der Waals surface area contributed by atoms with Gasteiger partial charge in [0.1, 0.15) is 0 Å². The Bertz CT molecular complexity index is 993. The standard InChI is InChI=1S/C14H12ClN9/c1-16-12-10-13(19-14(15)18-12)24(7-17-10)6-8-4-2-3-5-9(8)11-20-22-23-21-11/h2-5,7H,6H2,1H3,(H,16,18,19)(H,20,21,22,23). The minimum atomic E-state index is 0.168. The number of imidazole rings is 1. The number of halogens is 1. The van der Waals surface area contributed by atoms with E-state index in [1.54, 1.807) is 13.4 Å². The van der Waals surface area contributed by atoms with Crippen LogP contribution in [-0.4, -0.2) is 47.2 Å². The highest BCUT2D eigenvalue weighted by atomic mass is 35.5. The summed E-state index contributed by atoms with van der Waals surface area (Å²) in [5.74, 6) is 1.20. The number of aromatic amines is 1. The molecule has 0 saturated heterocycles. The Morgan fingerprint density at radius 3 is 2.92 bits per heavy atom. The van der Waals surface area contributed by atoms with Crippen LogP contribution in [-0.2, 0) is 6.54 Å². The maximum absolute atomic E-state index is 6.01. The minimum absolute atomic E-state index is 0.168. The average molecular weight is 342 g/mol. The van der Waals surface area contributed by atoms with Crippen LogP contribution in [0.25, 0.3) is 22.6 Å². The summed E-state index contributed by atoms with van der Waals surface area (Å²) >= 11 is 6.01. The van der Waals surface area contributed by atoms with Crippen LogP contribution in [0.2, 0.25) is 5.28 Å². The van der Waals surface area contributed by atoms with Crippen LogP contribution in [0.5, 0.6) is 0 Å². The van der Waals surface area contributed by atoms with Crippen molar-refractivity contribution in [3.05, 3.63) is 41.4 Å². The molecule has 3 aromatic heterocycles. The minimum Gasteiger partial charge on any atom is -0.371 e. The Morgan fingerprint density at radius 1 is 1.25 bits per heavy atom. The van der Waals surface area contributed by atoms with Gasteiger partial charge in [0.15, 0.2) is 22.8 Å². The number of nitrogens with zero attached hydrogens (tertiary/aromatic N) is 7. The predicted molar refractivity (Wildman–Crippen MR) is 88.6 cm³/mol. The van der Waals surface area contributed by atoms with E-state index in [0.717, 1.165) is 11.1 Å². The highest BCUT2D eigenvalue weighted by Gasteiger charge is 2.14. The van der Waals surface area contributed by atoms with E-state index in [4.69, 9.17) is 11.6 Å². The fourth-order valence-electron chi connectivity index (χ4n) is 2.55. The smallest absolute Gasteiger partial charge is 0.226 e. The predicted octanol–water partition coefficient (Wildman–Crippen LogP) is 1.75. The highest BCUT2D eigenvalue weighted by Crippen LogP contribution is 2.24. The zero-order valence-electron chi connectivity index (χ0n) is 12.6. The van der Waals surface area contributed by atoms with E-state index in [9.17, 15) is 0 Å². The van der Waals surface area contributed by atoms with Crippen molar-refractivity contribution in [3.63, 3.8) is 0 Å². The first kappa shape index (κ1) is 14.5. The van der Waals surface area contributed by atoms with Crippen LogP contribution in [0, 0.1) is 0 Å². The van der Waals surface area contributed by atoms with Crippen molar-refractivity contribution in [1.82, 2.24) is 40.1 Å². The van der Waals surface area contributed by atoms with E-state index < -0.39 is 0 Å². The molecule has 10 heteroatoms. The lowest BCUT2D eigenvalue weighted by molar-refractivity contribution is 0.813. The van der Waals surface area contributed by atoms with Crippen molar-refractivity contribution < 1.29 is 0 Å². The first-order valence-electron chi connectivity index (χ1n) is 7.14. The van der Waals surface area contributed by atoms with Crippen molar-refractivity contribution in [2.45, 2.75) is 6.54 Å². The second kappa shape index (κ2) is 5.85. The van der Waals surface area contributed by atoms with Crippen LogP contribution < -0.4 is 5.32 Å². The Hall–Kier alpha value is -3.07. The molecular formula is C14H12ClN9. The van der Waals surface area contributed by atoms with Crippen molar-refractivity contribution in [2.75, 3.05) is 12.4 Å². The summed E-state index contributed by atoms with van der Waals surface area (Å²) < 4.78 is 1.91. The number of hydrogen-bond donors (Lipinski definition) is 2. The van der Waals surface area contributed by atoms with E-state index in [-0.39, 0.29) is 5.28 Å². The Kier molecular flexibility index (Phi) is 3.54. The number of nitrogens with one attached hydrogen (secondary N) is 2. The SMILES string of the molecule is CNc1nc(Cl)nc2c1ncn2Cc1ccccc1-c1nnn[nH]1. The molecule has 0 aliphatic carbocycles. The lowest BCUT2D eigenvalue weighted by Gasteiger charge is -2.08. The van der Waals surface area contributed by atoms with Gasteiger partial charge < -0.3 is 9.88 Å². The van der Waals surface area contributed by atoms with E-state index in [1.165, 1.54) is 0 Å². The van der Waals surface area contributed by atoms with Gasteiger partial charge in [0, 0.05) is 12.6 Å². The third-order valence-electron chi connectivity index (χ3n) is 3.63. The second-order valence-corrected chi connectivity index (χ2v) is 5.38. The van der Waals surface area contributed by atoms with Crippen LogP contribution >= 0.6 is 11.6 Å². The summed E-state index contributed by atoms with van der Waals surface area (Å²) in [4.78, 5) is 12.8. The average Bonchev–Trinajstić information content (AvgIpc) is 3.25. The van der Waals surface area contributed by atoms with Gasteiger partial charge in [-0.3, -0.25) is 0 Å². The van der Waals surface area contributed by atoms with E-state index in [2.05, 4.69) is 40.9 Å². The van der Waals surface area contributed by atoms with Crippen molar-refractivity contribution in [2.24, 2.45) is 0 Å². The number of aromatic nitrogens is 8. The summed E-state index contributed by atoms with van der Waals surface area (Å²) in [6, 6.07) is 7.86. The van der Waals surface area contributed by atoms with Gasteiger partial charge in [0.05, 0.1) is 12.9 Å². The molecule has 1 aromatic carbocycles. The molecule has 0 radical (unpaired) electrons. The Balaban J connectivity index is 1.80. The Morgan fingerprint density at radius 2 is 2.12 bits per heavy atom. The molecular weight excluding hydrogens is 330 g/mol. The number of benzene rings is 1. The van der Waals surface area contributed by atoms with Gasteiger partial charge in [0.2, 0.25) is 5.28 Å². The van der Waals surface area contributed by atoms with Gasteiger partial charge in [-0.25, -0.2) is 10.1 Å².